The lowest BCUT2D eigenvalue weighted by Gasteiger charge is -2.38. The molecule has 0 aromatic carbocycles. The van der Waals surface area contributed by atoms with Gasteiger partial charge >= 0.3 is 6.09 Å². The van der Waals surface area contributed by atoms with E-state index in [1.165, 1.54) is 18.4 Å². The molecule has 3 heteroatoms. The number of allylic oxidation sites excluding steroid dienone is 1. The lowest BCUT2D eigenvalue weighted by atomic mass is 9.67. The summed E-state index contributed by atoms with van der Waals surface area (Å²) in [7, 11) is 1.83. The summed E-state index contributed by atoms with van der Waals surface area (Å²) in [4.78, 5) is 13.8. The lowest BCUT2D eigenvalue weighted by molar-refractivity contribution is 0.0300. The minimum Gasteiger partial charge on any atom is -0.444 e. The number of hydrogen-bond acceptors (Lipinski definition) is 2. The summed E-state index contributed by atoms with van der Waals surface area (Å²) in [5, 5.41) is 0. The van der Waals surface area contributed by atoms with Gasteiger partial charge in [-0.2, -0.15) is 0 Å². The van der Waals surface area contributed by atoms with Crippen molar-refractivity contribution in [2.75, 3.05) is 13.6 Å². The van der Waals surface area contributed by atoms with E-state index in [4.69, 9.17) is 4.74 Å². The number of hydrogen-bond donors (Lipinski definition) is 0. The van der Waals surface area contributed by atoms with Crippen molar-refractivity contribution in [3.05, 3.63) is 11.6 Å². The fraction of sp³-hybridized carbons (Fsp3) is 0.824. The average Bonchev–Trinajstić information content (AvgIpc) is 2.59. The fourth-order valence-corrected chi connectivity index (χ4v) is 3.72. The van der Waals surface area contributed by atoms with Crippen LogP contribution in [0.5, 0.6) is 0 Å². The highest BCUT2D eigenvalue weighted by molar-refractivity contribution is 5.68. The maximum absolute atomic E-state index is 12.1. The summed E-state index contributed by atoms with van der Waals surface area (Å²) < 4.78 is 5.43. The SMILES string of the molecule is CN(CC1=CC2CCC1(C)C2(C)C)C(=O)OC(C)(C)C. The Morgan fingerprint density at radius 1 is 1.40 bits per heavy atom. The van der Waals surface area contributed by atoms with Gasteiger partial charge in [0.1, 0.15) is 5.60 Å². The number of likely N-dealkylation sites (N-methyl/N-ethyl adjacent to an activating group) is 1. The predicted octanol–water partition coefficient (Wildman–Crippen LogP) is 4.24. The Bertz CT molecular complexity index is 444. The van der Waals surface area contributed by atoms with Gasteiger partial charge in [0.05, 0.1) is 0 Å². The van der Waals surface area contributed by atoms with Crippen LogP contribution in [0.25, 0.3) is 0 Å². The van der Waals surface area contributed by atoms with E-state index in [1.807, 2.05) is 27.8 Å². The van der Waals surface area contributed by atoms with Crippen LogP contribution in [0.2, 0.25) is 0 Å². The fourth-order valence-electron chi connectivity index (χ4n) is 3.72. The normalized spacial score (nSPS) is 31.1. The third-order valence-electron chi connectivity index (χ3n) is 5.53. The van der Waals surface area contributed by atoms with E-state index in [0.717, 1.165) is 0 Å². The third kappa shape index (κ3) is 2.36. The molecule has 2 atom stereocenters. The van der Waals surface area contributed by atoms with Crippen LogP contribution < -0.4 is 0 Å². The number of nitrogens with zero attached hydrogens (tertiary/aromatic N) is 1. The van der Waals surface area contributed by atoms with E-state index in [9.17, 15) is 4.79 Å². The highest BCUT2D eigenvalue weighted by Gasteiger charge is 2.56. The Morgan fingerprint density at radius 2 is 2.00 bits per heavy atom. The molecule has 0 radical (unpaired) electrons. The molecule has 20 heavy (non-hydrogen) atoms. The van der Waals surface area contributed by atoms with Gasteiger partial charge < -0.3 is 9.64 Å². The molecule has 0 aliphatic heterocycles. The molecule has 114 valence electrons. The summed E-state index contributed by atoms with van der Waals surface area (Å²) in [6.45, 7) is 13.5. The Labute approximate surface area is 123 Å². The topological polar surface area (TPSA) is 29.5 Å². The smallest absolute Gasteiger partial charge is 0.410 e. The molecular weight excluding hydrogens is 250 g/mol. The molecule has 0 N–H and O–H groups in total. The highest BCUT2D eigenvalue weighted by Crippen LogP contribution is 2.64. The number of rotatable bonds is 2. The molecule has 2 rings (SSSR count). The van der Waals surface area contributed by atoms with Gasteiger partial charge in [-0.15, -0.1) is 0 Å². The van der Waals surface area contributed by atoms with Crippen LogP contribution in [0.4, 0.5) is 4.79 Å². The zero-order valence-electron chi connectivity index (χ0n) is 14.0. The van der Waals surface area contributed by atoms with Gasteiger partial charge in [-0.3, -0.25) is 0 Å². The van der Waals surface area contributed by atoms with Crippen LogP contribution in [0, 0.1) is 16.7 Å². The second-order valence-corrected chi connectivity index (χ2v) is 8.23. The molecule has 0 aromatic rings. The molecule has 2 unspecified atom stereocenters. The number of carbonyl (C=O) groups is 1. The van der Waals surface area contributed by atoms with Crippen molar-refractivity contribution in [3.8, 4) is 0 Å². The molecule has 0 aromatic heterocycles. The van der Waals surface area contributed by atoms with Crippen LogP contribution in [0.15, 0.2) is 11.6 Å². The predicted molar refractivity (Wildman–Crippen MR) is 81.6 cm³/mol. The molecule has 0 saturated heterocycles. The maximum atomic E-state index is 12.1. The average molecular weight is 279 g/mol. The summed E-state index contributed by atoms with van der Waals surface area (Å²) in [5.74, 6) is 0.662. The molecule has 2 aliphatic carbocycles. The number of amides is 1. The molecular formula is C17H29NO2. The number of ether oxygens (including phenoxy) is 1. The first-order valence-corrected chi connectivity index (χ1v) is 7.63. The second-order valence-electron chi connectivity index (χ2n) is 8.23. The summed E-state index contributed by atoms with van der Waals surface area (Å²) >= 11 is 0. The zero-order chi connectivity index (χ0) is 15.3. The Hall–Kier alpha value is -0.990. The number of carbonyl (C=O) groups excluding carboxylic acids is 1. The van der Waals surface area contributed by atoms with E-state index < -0.39 is 5.60 Å². The molecule has 1 amide bonds. The van der Waals surface area contributed by atoms with Crippen LogP contribution >= 0.6 is 0 Å². The maximum Gasteiger partial charge on any atom is 0.410 e. The van der Waals surface area contributed by atoms with Crippen molar-refractivity contribution in [2.45, 2.75) is 60.0 Å². The zero-order valence-corrected chi connectivity index (χ0v) is 14.0. The first-order chi connectivity index (χ1) is 8.97. The molecule has 2 aliphatic rings. The van der Waals surface area contributed by atoms with Gasteiger partial charge in [-0.05, 0) is 55.9 Å². The van der Waals surface area contributed by atoms with Crippen LogP contribution in [0.3, 0.4) is 0 Å². The molecule has 2 bridgehead atoms. The van der Waals surface area contributed by atoms with Crippen LogP contribution in [-0.4, -0.2) is 30.2 Å². The summed E-state index contributed by atoms with van der Waals surface area (Å²) in [6, 6.07) is 0. The van der Waals surface area contributed by atoms with Gasteiger partial charge in [0, 0.05) is 13.6 Å². The van der Waals surface area contributed by atoms with Gasteiger partial charge in [-0.1, -0.05) is 26.8 Å². The Morgan fingerprint density at radius 3 is 2.40 bits per heavy atom. The van der Waals surface area contributed by atoms with Crippen molar-refractivity contribution in [3.63, 3.8) is 0 Å². The molecule has 1 fully saturated rings. The largest absolute Gasteiger partial charge is 0.444 e. The van der Waals surface area contributed by atoms with E-state index in [-0.39, 0.29) is 11.5 Å². The Balaban J connectivity index is 2.05. The van der Waals surface area contributed by atoms with Gasteiger partial charge in [0.25, 0.3) is 0 Å². The van der Waals surface area contributed by atoms with E-state index in [2.05, 4.69) is 26.8 Å². The molecule has 3 nitrogen and oxygen atoms in total. The second kappa shape index (κ2) is 4.51. The van der Waals surface area contributed by atoms with Crippen LogP contribution in [0.1, 0.15) is 54.4 Å². The van der Waals surface area contributed by atoms with Crippen molar-refractivity contribution < 1.29 is 9.53 Å². The summed E-state index contributed by atoms with van der Waals surface area (Å²) in [5.41, 5.74) is 1.52. The van der Waals surface area contributed by atoms with E-state index in [1.54, 1.807) is 4.90 Å². The van der Waals surface area contributed by atoms with Gasteiger partial charge in [0.2, 0.25) is 0 Å². The van der Waals surface area contributed by atoms with Crippen LogP contribution in [-0.2, 0) is 4.74 Å². The quantitative estimate of drug-likeness (QED) is 0.708. The van der Waals surface area contributed by atoms with Crippen molar-refractivity contribution in [2.24, 2.45) is 16.7 Å². The molecule has 0 spiro atoms. The first kappa shape index (κ1) is 15.4. The summed E-state index contributed by atoms with van der Waals surface area (Å²) in [6.07, 6.45) is 4.69. The Kier molecular flexibility index (Phi) is 3.47. The van der Waals surface area contributed by atoms with E-state index in [0.29, 0.717) is 17.9 Å². The highest BCUT2D eigenvalue weighted by atomic mass is 16.6. The van der Waals surface area contributed by atoms with Gasteiger partial charge in [-0.25, -0.2) is 4.79 Å². The minimum absolute atomic E-state index is 0.230. The van der Waals surface area contributed by atoms with Crippen molar-refractivity contribution in [1.29, 1.82) is 0 Å². The van der Waals surface area contributed by atoms with Crippen molar-refractivity contribution >= 4 is 6.09 Å². The molecule has 0 heterocycles. The third-order valence-corrected chi connectivity index (χ3v) is 5.53. The lowest BCUT2D eigenvalue weighted by Crippen LogP contribution is -2.39. The minimum atomic E-state index is -0.433. The first-order valence-electron chi connectivity index (χ1n) is 7.63. The standard InChI is InChI=1S/C17H29NO2/c1-15(2,3)20-14(19)18(7)11-13-10-12-8-9-17(13,6)16(12,4)5/h10,12H,8-9,11H2,1-7H3. The molecule has 1 saturated carbocycles. The van der Waals surface area contributed by atoms with Crippen molar-refractivity contribution in [1.82, 2.24) is 4.90 Å². The van der Waals surface area contributed by atoms with E-state index >= 15 is 0 Å². The van der Waals surface area contributed by atoms with Gasteiger partial charge in [0.15, 0.2) is 0 Å². The monoisotopic (exact) mass is 279 g/mol. The number of fused-ring (bicyclic) bond motifs is 2.